The Morgan fingerprint density at radius 3 is 2.75 bits per heavy atom. The highest BCUT2D eigenvalue weighted by Gasteiger charge is 2.22. The van der Waals surface area contributed by atoms with Crippen molar-refractivity contribution in [2.24, 2.45) is 0 Å². The summed E-state index contributed by atoms with van der Waals surface area (Å²) in [7, 11) is -3.74. The Labute approximate surface area is 99.1 Å². The van der Waals surface area contributed by atoms with Crippen LogP contribution in [0.2, 0.25) is 5.15 Å². The summed E-state index contributed by atoms with van der Waals surface area (Å²) in [4.78, 5) is 3.76. The standard InChI is InChI=1S/C9H10ClN3O2S/c1-6-3-4-12-9(10)8(6)13-16(14,15)7(2)5-11/h3-4,7,13H,1-2H3. The lowest BCUT2D eigenvalue weighted by molar-refractivity contribution is 0.597. The van der Waals surface area contributed by atoms with Crippen LogP contribution in [0.25, 0.3) is 0 Å². The van der Waals surface area contributed by atoms with Crippen molar-refractivity contribution < 1.29 is 8.42 Å². The second-order valence-electron chi connectivity index (χ2n) is 3.21. The van der Waals surface area contributed by atoms with Crippen molar-refractivity contribution in [3.05, 3.63) is 23.0 Å². The molecule has 0 bridgehead atoms. The van der Waals surface area contributed by atoms with Gasteiger partial charge in [0.15, 0.2) is 10.4 Å². The van der Waals surface area contributed by atoms with Crippen molar-refractivity contribution >= 4 is 27.3 Å². The molecule has 0 radical (unpaired) electrons. The quantitative estimate of drug-likeness (QED) is 0.838. The maximum absolute atomic E-state index is 11.6. The number of nitrogens with one attached hydrogen (secondary N) is 1. The van der Waals surface area contributed by atoms with Crippen molar-refractivity contribution in [1.82, 2.24) is 4.98 Å². The Morgan fingerprint density at radius 2 is 2.25 bits per heavy atom. The summed E-state index contributed by atoms with van der Waals surface area (Å²) >= 11 is 5.76. The zero-order valence-electron chi connectivity index (χ0n) is 8.73. The van der Waals surface area contributed by atoms with Crippen LogP contribution in [0.15, 0.2) is 12.3 Å². The van der Waals surface area contributed by atoms with E-state index in [1.54, 1.807) is 19.1 Å². The van der Waals surface area contributed by atoms with Crippen LogP contribution in [0.1, 0.15) is 12.5 Å². The highest BCUT2D eigenvalue weighted by atomic mass is 35.5. The number of aryl methyl sites for hydroxylation is 1. The summed E-state index contributed by atoms with van der Waals surface area (Å²) in [5.74, 6) is 0. The van der Waals surface area contributed by atoms with Gasteiger partial charge in [0.25, 0.3) is 0 Å². The molecule has 86 valence electrons. The van der Waals surface area contributed by atoms with Crippen LogP contribution in [-0.2, 0) is 10.0 Å². The third-order valence-electron chi connectivity index (χ3n) is 2.00. The number of nitriles is 1. The number of sulfonamides is 1. The molecule has 1 heterocycles. The van der Waals surface area contributed by atoms with E-state index >= 15 is 0 Å². The number of aromatic nitrogens is 1. The molecule has 0 saturated carbocycles. The fourth-order valence-corrected chi connectivity index (χ4v) is 2.11. The first-order valence-electron chi connectivity index (χ1n) is 4.41. The Bertz CT molecular complexity index is 516. The summed E-state index contributed by atoms with van der Waals surface area (Å²) in [5, 5.41) is 7.48. The number of rotatable bonds is 3. The van der Waals surface area contributed by atoms with Gasteiger partial charge < -0.3 is 0 Å². The van der Waals surface area contributed by atoms with Crippen molar-refractivity contribution in [2.45, 2.75) is 19.1 Å². The van der Waals surface area contributed by atoms with E-state index in [2.05, 4.69) is 9.71 Å². The molecule has 0 aliphatic heterocycles. The van der Waals surface area contributed by atoms with E-state index in [9.17, 15) is 8.42 Å². The highest BCUT2D eigenvalue weighted by molar-refractivity contribution is 7.93. The van der Waals surface area contributed by atoms with E-state index in [0.717, 1.165) is 0 Å². The molecular weight excluding hydrogens is 250 g/mol. The monoisotopic (exact) mass is 259 g/mol. The van der Waals surface area contributed by atoms with Gasteiger partial charge in [0.2, 0.25) is 10.0 Å². The maximum atomic E-state index is 11.6. The number of hydrogen-bond donors (Lipinski definition) is 1. The van der Waals surface area contributed by atoms with E-state index in [4.69, 9.17) is 16.9 Å². The maximum Gasteiger partial charge on any atom is 0.248 e. The van der Waals surface area contributed by atoms with Gasteiger partial charge in [-0.05, 0) is 25.5 Å². The first-order valence-corrected chi connectivity index (χ1v) is 6.33. The van der Waals surface area contributed by atoms with Crippen LogP contribution in [0, 0.1) is 18.3 Å². The van der Waals surface area contributed by atoms with Gasteiger partial charge in [-0.3, -0.25) is 4.72 Å². The summed E-state index contributed by atoms with van der Waals surface area (Å²) < 4.78 is 25.5. The molecule has 0 aliphatic carbocycles. The summed E-state index contributed by atoms with van der Waals surface area (Å²) in [6.07, 6.45) is 1.48. The van der Waals surface area contributed by atoms with E-state index in [1.807, 2.05) is 0 Å². The fraction of sp³-hybridized carbons (Fsp3) is 0.333. The number of pyridine rings is 1. The van der Waals surface area contributed by atoms with E-state index in [-0.39, 0.29) is 10.8 Å². The molecule has 0 amide bonds. The molecule has 1 aromatic rings. The zero-order chi connectivity index (χ0) is 12.3. The number of nitrogens with zero attached hydrogens (tertiary/aromatic N) is 2. The minimum atomic E-state index is -3.74. The minimum Gasteiger partial charge on any atom is -0.279 e. The second kappa shape index (κ2) is 4.68. The predicted molar refractivity (Wildman–Crippen MR) is 61.6 cm³/mol. The van der Waals surface area contributed by atoms with Crippen molar-refractivity contribution in [2.75, 3.05) is 4.72 Å². The summed E-state index contributed by atoms with van der Waals surface area (Å²) in [6.45, 7) is 2.99. The van der Waals surface area contributed by atoms with Crippen molar-refractivity contribution in [3.8, 4) is 6.07 Å². The molecule has 5 nitrogen and oxygen atoms in total. The van der Waals surface area contributed by atoms with Crippen LogP contribution >= 0.6 is 11.6 Å². The number of halogens is 1. The van der Waals surface area contributed by atoms with E-state index in [1.165, 1.54) is 13.1 Å². The average Bonchev–Trinajstić information content (AvgIpc) is 2.22. The van der Waals surface area contributed by atoms with Gasteiger partial charge in [0.1, 0.15) is 0 Å². The highest BCUT2D eigenvalue weighted by Crippen LogP contribution is 2.24. The molecule has 0 saturated heterocycles. The smallest absolute Gasteiger partial charge is 0.248 e. The third kappa shape index (κ3) is 2.62. The molecular formula is C9H10ClN3O2S. The molecule has 7 heteroatoms. The average molecular weight is 260 g/mol. The largest absolute Gasteiger partial charge is 0.279 e. The molecule has 1 N–H and O–H groups in total. The Balaban J connectivity index is 3.12. The second-order valence-corrected chi connectivity index (χ2v) is 5.57. The Hall–Kier alpha value is -1.32. The van der Waals surface area contributed by atoms with Crippen molar-refractivity contribution in [3.63, 3.8) is 0 Å². The number of hydrogen-bond acceptors (Lipinski definition) is 4. The summed E-state index contributed by atoms with van der Waals surface area (Å²) in [6, 6.07) is 3.28. The molecule has 0 fully saturated rings. The lowest BCUT2D eigenvalue weighted by Crippen LogP contribution is -2.24. The zero-order valence-corrected chi connectivity index (χ0v) is 10.3. The van der Waals surface area contributed by atoms with Gasteiger partial charge in [-0.1, -0.05) is 11.6 Å². The van der Waals surface area contributed by atoms with Crippen LogP contribution in [0.4, 0.5) is 5.69 Å². The van der Waals surface area contributed by atoms with E-state index < -0.39 is 15.3 Å². The molecule has 0 spiro atoms. The number of anilines is 1. The van der Waals surface area contributed by atoms with E-state index in [0.29, 0.717) is 5.56 Å². The van der Waals surface area contributed by atoms with Gasteiger partial charge in [0, 0.05) is 6.20 Å². The topological polar surface area (TPSA) is 82.8 Å². The predicted octanol–water partition coefficient (Wildman–Crippen LogP) is 1.70. The molecule has 0 aromatic carbocycles. The molecule has 16 heavy (non-hydrogen) atoms. The van der Waals surface area contributed by atoms with Crippen LogP contribution in [0.3, 0.4) is 0 Å². The third-order valence-corrected chi connectivity index (χ3v) is 3.82. The summed E-state index contributed by atoms with van der Waals surface area (Å²) in [5.41, 5.74) is 0.861. The minimum absolute atomic E-state index is 0.0636. The van der Waals surface area contributed by atoms with Crippen LogP contribution in [0.5, 0.6) is 0 Å². The van der Waals surface area contributed by atoms with Gasteiger partial charge in [-0.25, -0.2) is 13.4 Å². The van der Waals surface area contributed by atoms with Gasteiger partial charge >= 0.3 is 0 Å². The first kappa shape index (κ1) is 12.7. The molecule has 1 aromatic heterocycles. The SMILES string of the molecule is Cc1ccnc(Cl)c1NS(=O)(=O)C(C)C#N. The molecule has 1 atom stereocenters. The fourth-order valence-electron chi connectivity index (χ4n) is 0.948. The molecule has 1 rings (SSSR count). The Morgan fingerprint density at radius 1 is 1.62 bits per heavy atom. The Kier molecular flexibility index (Phi) is 3.73. The van der Waals surface area contributed by atoms with Crippen molar-refractivity contribution in [1.29, 1.82) is 5.26 Å². The lowest BCUT2D eigenvalue weighted by atomic mass is 10.3. The van der Waals surface area contributed by atoms with Crippen LogP contribution in [-0.4, -0.2) is 18.7 Å². The molecule has 0 aliphatic rings. The van der Waals surface area contributed by atoms with Gasteiger partial charge in [-0.15, -0.1) is 0 Å². The first-order chi connectivity index (χ1) is 7.38. The van der Waals surface area contributed by atoms with Crippen LogP contribution < -0.4 is 4.72 Å². The molecule has 1 unspecified atom stereocenters. The van der Waals surface area contributed by atoms with Gasteiger partial charge in [-0.2, -0.15) is 5.26 Å². The lowest BCUT2D eigenvalue weighted by Gasteiger charge is -2.12. The van der Waals surface area contributed by atoms with Gasteiger partial charge in [0.05, 0.1) is 11.8 Å². The normalized spacial score (nSPS) is 12.9.